The average molecular weight is 464 g/mol. The minimum atomic E-state index is -1.14. The zero-order valence-corrected chi connectivity index (χ0v) is 18.8. The molecule has 0 aliphatic rings. The highest BCUT2D eigenvalue weighted by Crippen LogP contribution is 2.18. The molecule has 0 fully saturated rings. The molecule has 1 aromatic carbocycles. The van der Waals surface area contributed by atoms with Gasteiger partial charge in [-0.1, -0.05) is 18.2 Å². The van der Waals surface area contributed by atoms with E-state index in [-0.39, 0.29) is 13.0 Å². The highest BCUT2D eigenvalue weighted by molar-refractivity contribution is 7.98. The molecule has 7 N–H and O–H groups in total. The van der Waals surface area contributed by atoms with Crippen molar-refractivity contribution in [2.45, 2.75) is 37.9 Å². The number of aromatic amines is 1. The first-order valence-electron chi connectivity index (χ1n) is 10.1. The number of aromatic nitrogens is 1. The molecule has 0 radical (unpaired) electrons. The molecule has 1 aromatic heterocycles. The minimum absolute atomic E-state index is 0.271. The second-order valence-corrected chi connectivity index (χ2v) is 8.34. The molecule has 0 aliphatic carbocycles. The van der Waals surface area contributed by atoms with Gasteiger partial charge >= 0.3 is 5.97 Å². The van der Waals surface area contributed by atoms with Gasteiger partial charge in [0.1, 0.15) is 12.1 Å². The number of amides is 3. The van der Waals surface area contributed by atoms with E-state index >= 15 is 0 Å². The fourth-order valence-electron chi connectivity index (χ4n) is 3.08. The van der Waals surface area contributed by atoms with Crippen LogP contribution in [0.4, 0.5) is 0 Å². The summed E-state index contributed by atoms with van der Waals surface area (Å²) in [6, 6.07) is 4.81. The third-order valence-corrected chi connectivity index (χ3v) is 5.51. The second-order valence-electron chi connectivity index (χ2n) is 7.36. The van der Waals surface area contributed by atoms with E-state index in [0.717, 1.165) is 16.5 Å². The minimum Gasteiger partial charge on any atom is -0.480 e. The third kappa shape index (κ3) is 7.27. The molecule has 1 heterocycles. The Bertz CT molecular complexity index is 963. The maximum atomic E-state index is 12.3. The first-order chi connectivity index (χ1) is 15.2. The van der Waals surface area contributed by atoms with Crippen molar-refractivity contribution in [3.63, 3.8) is 0 Å². The predicted octanol–water partition coefficient (Wildman–Crippen LogP) is -0.0189. The van der Waals surface area contributed by atoms with Crippen LogP contribution in [-0.4, -0.2) is 70.5 Å². The van der Waals surface area contributed by atoms with Gasteiger partial charge in [0.25, 0.3) is 0 Å². The quantitative estimate of drug-likeness (QED) is 0.257. The van der Waals surface area contributed by atoms with Crippen molar-refractivity contribution in [1.29, 1.82) is 0 Å². The van der Waals surface area contributed by atoms with Crippen LogP contribution in [0.25, 0.3) is 10.9 Å². The molecule has 10 nitrogen and oxygen atoms in total. The Morgan fingerprint density at radius 2 is 1.88 bits per heavy atom. The molecule has 0 saturated heterocycles. The van der Waals surface area contributed by atoms with Gasteiger partial charge in [-0.2, -0.15) is 11.8 Å². The number of rotatable bonds is 12. The van der Waals surface area contributed by atoms with Gasteiger partial charge in [-0.25, -0.2) is 4.79 Å². The Morgan fingerprint density at radius 1 is 1.16 bits per heavy atom. The first kappa shape index (κ1) is 25.2. The van der Waals surface area contributed by atoms with Crippen molar-refractivity contribution >= 4 is 46.4 Å². The number of carboxylic acid groups (broad SMARTS) is 1. The average Bonchev–Trinajstić information content (AvgIpc) is 3.17. The topological polar surface area (TPSA) is 166 Å². The van der Waals surface area contributed by atoms with Gasteiger partial charge in [-0.3, -0.25) is 14.4 Å². The van der Waals surface area contributed by atoms with E-state index in [1.807, 2.05) is 30.5 Å². The largest absolute Gasteiger partial charge is 0.480 e. The van der Waals surface area contributed by atoms with Gasteiger partial charge < -0.3 is 31.8 Å². The lowest BCUT2D eigenvalue weighted by atomic mass is 10.1. The van der Waals surface area contributed by atoms with Crippen LogP contribution in [0.5, 0.6) is 0 Å². The van der Waals surface area contributed by atoms with Crippen LogP contribution in [0, 0.1) is 0 Å². The van der Waals surface area contributed by atoms with Gasteiger partial charge in [-0.05, 0) is 43.4 Å². The Balaban J connectivity index is 1.79. The van der Waals surface area contributed by atoms with E-state index in [0.29, 0.717) is 12.2 Å². The lowest BCUT2D eigenvalue weighted by Gasteiger charge is -2.19. The van der Waals surface area contributed by atoms with E-state index in [9.17, 15) is 24.3 Å². The number of carbonyl (C=O) groups is 4. The van der Waals surface area contributed by atoms with Crippen molar-refractivity contribution in [2.24, 2.45) is 5.73 Å². The molecule has 3 atom stereocenters. The molecule has 174 valence electrons. The number of hydrogen-bond acceptors (Lipinski definition) is 6. The number of fused-ring (bicyclic) bond motifs is 1. The second kappa shape index (κ2) is 12.1. The molecule has 2 aromatic rings. The standard InChI is InChI=1S/C21H29N5O5S/c1-12(19(28)26-17(21(30)31)7-8-32-2)25-18(27)11-24-20(29)15(22)9-13-10-23-16-6-4-3-5-14(13)16/h3-6,10,12,15,17,23H,7-9,11,22H2,1-2H3,(H,24,29)(H,25,27)(H,26,28)(H,30,31). The summed E-state index contributed by atoms with van der Waals surface area (Å²) in [7, 11) is 0. The van der Waals surface area contributed by atoms with Crippen LogP contribution in [0.1, 0.15) is 18.9 Å². The van der Waals surface area contributed by atoms with Crippen molar-refractivity contribution in [3.05, 3.63) is 36.0 Å². The van der Waals surface area contributed by atoms with Gasteiger partial charge in [0, 0.05) is 17.1 Å². The van der Waals surface area contributed by atoms with E-state index in [1.54, 1.807) is 6.20 Å². The summed E-state index contributed by atoms with van der Waals surface area (Å²) in [6.07, 6.45) is 4.20. The zero-order valence-electron chi connectivity index (χ0n) is 18.0. The molecular formula is C21H29N5O5S. The molecule has 0 saturated carbocycles. The van der Waals surface area contributed by atoms with E-state index < -0.39 is 41.8 Å². The van der Waals surface area contributed by atoms with Gasteiger partial charge in [0.05, 0.1) is 12.6 Å². The summed E-state index contributed by atoms with van der Waals surface area (Å²) in [5.41, 5.74) is 7.82. The molecular weight excluding hydrogens is 434 g/mol. The molecule has 0 aliphatic heterocycles. The van der Waals surface area contributed by atoms with Gasteiger partial charge in [0.15, 0.2) is 0 Å². The number of benzene rings is 1. The zero-order chi connectivity index (χ0) is 23.7. The van der Waals surface area contributed by atoms with E-state index in [2.05, 4.69) is 20.9 Å². The number of para-hydroxylation sites is 1. The monoisotopic (exact) mass is 463 g/mol. The molecule has 0 spiro atoms. The number of thioether (sulfide) groups is 1. The fourth-order valence-corrected chi connectivity index (χ4v) is 3.55. The van der Waals surface area contributed by atoms with Crippen molar-refractivity contribution in [2.75, 3.05) is 18.6 Å². The number of nitrogens with two attached hydrogens (primary N) is 1. The van der Waals surface area contributed by atoms with E-state index in [1.165, 1.54) is 18.7 Å². The van der Waals surface area contributed by atoms with Crippen molar-refractivity contribution in [3.8, 4) is 0 Å². The van der Waals surface area contributed by atoms with Crippen LogP contribution in [0.2, 0.25) is 0 Å². The molecule has 0 bridgehead atoms. The highest BCUT2D eigenvalue weighted by atomic mass is 32.2. The van der Waals surface area contributed by atoms with Crippen molar-refractivity contribution in [1.82, 2.24) is 20.9 Å². The summed E-state index contributed by atoms with van der Waals surface area (Å²) in [5.74, 6) is -2.26. The summed E-state index contributed by atoms with van der Waals surface area (Å²) >= 11 is 1.47. The van der Waals surface area contributed by atoms with Gasteiger partial charge in [-0.15, -0.1) is 0 Å². The third-order valence-electron chi connectivity index (χ3n) is 4.87. The molecule has 32 heavy (non-hydrogen) atoms. The molecule has 3 unspecified atom stereocenters. The Kier molecular flexibility index (Phi) is 9.54. The predicted molar refractivity (Wildman–Crippen MR) is 123 cm³/mol. The Labute approximate surface area is 190 Å². The summed E-state index contributed by atoms with van der Waals surface area (Å²) < 4.78 is 0. The summed E-state index contributed by atoms with van der Waals surface area (Å²) in [4.78, 5) is 50.9. The number of carboxylic acids is 1. The Hall–Kier alpha value is -3.05. The molecule has 3 amide bonds. The number of nitrogens with one attached hydrogen (secondary N) is 4. The molecule has 2 rings (SSSR count). The molecule has 11 heteroatoms. The first-order valence-corrected chi connectivity index (χ1v) is 11.5. The summed E-state index contributed by atoms with van der Waals surface area (Å²) in [5, 5.41) is 17.5. The lowest BCUT2D eigenvalue weighted by Crippen LogP contribution is -2.52. The van der Waals surface area contributed by atoms with Crippen LogP contribution in [-0.2, 0) is 25.6 Å². The van der Waals surface area contributed by atoms with Crippen LogP contribution >= 0.6 is 11.8 Å². The normalized spacial score (nSPS) is 13.7. The maximum absolute atomic E-state index is 12.3. The number of carbonyl (C=O) groups excluding carboxylic acids is 3. The fraction of sp³-hybridized carbons (Fsp3) is 0.429. The Morgan fingerprint density at radius 3 is 2.56 bits per heavy atom. The SMILES string of the molecule is CSCCC(NC(=O)C(C)NC(=O)CNC(=O)C(N)Cc1c[nH]c2ccccc12)C(=O)O. The van der Waals surface area contributed by atoms with Crippen LogP contribution < -0.4 is 21.7 Å². The summed E-state index contributed by atoms with van der Waals surface area (Å²) in [6.45, 7) is 1.08. The number of hydrogen-bond donors (Lipinski definition) is 6. The maximum Gasteiger partial charge on any atom is 0.326 e. The lowest BCUT2D eigenvalue weighted by molar-refractivity contribution is -0.142. The number of aliphatic carboxylic acids is 1. The van der Waals surface area contributed by atoms with Crippen LogP contribution in [0.15, 0.2) is 30.5 Å². The van der Waals surface area contributed by atoms with Crippen molar-refractivity contribution < 1.29 is 24.3 Å². The highest BCUT2D eigenvalue weighted by Gasteiger charge is 2.24. The number of H-pyrrole nitrogens is 1. The van der Waals surface area contributed by atoms with Gasteiger partial charge in [0.2, 0.25) is 17.7 Å². The van der Waals surface area contributed by atoms with Crippen LogP contribution in [0.3, 0.4) is 0 Å². The van der Waals surface area contributed by atoms with E-state index in [4.69, 9.17) is 5.73 Å². The smallest absolute Gasteiger partial charge is 0.326 e.